The van der Waals surface area contributed by atoms with Crippen molar-refractivity contribution in [2.75, 3.05) is 0 Å². The predicted molar refractivity (Wildman–Crippen MR) is 46.7 cm³/mol. The zero-order valence-corrected chi connectivity index (χ0v) is 6.66. The molecule has 0 aromatic carbocycles. The first-order valence-corrected chi connectivity index (χ1v) is 3.59. The first kappa shape index (κ1) is 8.46. The Morgan fingerprint density at radius 1 is 1.75 bits per heavy atom. The van der Waals surface area contributed by atoms with Gasteiger partial charge in [0.15, 0.2) is 0 Å². The third-order valence-corrected chi connectivity index (χ3v) is 1.54. The highest BCUT2D eigenvalue weighted by Gasteiger charge is 2.05. The van der Waals surface area contributed by atoms with E-state index in [4.69, 9.17) is 5.73 Å². The van der Waals surface area contributed by atoms with Crippen molar-refractivity contribution >= 4 is 5.91 Å². The second kappa shape index (κ2) is 3.67. The van der Waals surface area contributed by atoms with Gasteiger partial charge in [-0.25, -0.2) is 0 Å². The van der Waals surface area contributed by atoms with Crippen molar-refractivity contribution in [2.24, 2.45) is 5.73 Å². The molecule has 0 saturated carbocycles. The maximum Gasteiger partial charge on any atom is 0.250 e. The van der Waals surface area contributed by atoms with Gasteiger partial charge in [-0.05, 0) is 18.1 Å². The summed E-state index contributed by atoms with van der Waals surface area (Å²) in [5, 5.41) is 0. The van der Waals surface area contributed by atoms with Crippen LogP contribution in [0, 0.1) is 0 Å². The lowest BCUT2D eigenvalue weighted by atomic mass is 10.1. The van der Waals surface area contributed by atoms with Gasteiger partial charge in [-0.1, -0.05) is 6.08 Å². The highest BCUT2D eigenvalue weighted by molar-refractivity contribution is 5.93. The number of hydrogen-bond donors (Lipinski definition) is 1. The Balaban J connectivity index is 3.07. The van der Waals surface area contributed by atoms with Crippen LogP contribution in [0.15, 0.2) is 31.1 Å². The Hall–Kier alpha value is -1.64. The molecule has 0 aliphatic rings. The van der Waals surface area contributed by atoms with E-state index in [9.17, 15) is 4.79 Å². The highest BCUT2D eigenvalue weighted by atomic mass is 16.1. The molecular formula is C9H10N2O. The van der Waals surface area contributed by atoms with Crippen molar-refractivity contribution < 1.29 is 4.79 Å². The molecule has 0 saturated heterocycles. The smallest absolute Gasteiger partial charge is 0.250 e. The normalized spacial score (nSPS) is 9.33. The minimum Gasteiger partial charge on any atom is -0.366 e. The summed E-state index contributed by atoms with van der Waals surface area (Å²) in [5.74, 6) is -0.444. The van der Waals surface area contributed by atoms with Crippen molar-refractivity contribution in [3.63, 3.8) is 0 Å². The lowest BCUT2D eigenvalue weighted by Gasteiger charge is -2.01. The average Bonchev–Trinajstić information content (AvgIpc) is 2.05. The zero-order valence-electron chi connectivity index (χ0n) is 6.66. The molecule has 2 N–H and O–H groups in total. The van der Waals surface area contributed by atoms with Crippen LogP contribution in [0.5, 0.6) is 0 Å². The minimum absolute atomic E-state index is 0.444. The van der Waals surface area contributed by atoms with Crippen LogP contribution in [-0.2, 0) is 6.42 Å². The molecule has 62 valence electrons. The highest BCUT2D eigenvalue weighted by Crippen LogP contribution is 2.06. The van der Waals surface area contributed by atoms with E-state index in [1.165, 1.54) is 6.20 Å². The van der Waals surface area contributed by atoms with Crippen molar-refractivity contribution in [3.8, 4) is 0 Å². The Morgan fingerprint density at radius 3 is 3.08 bits per heavy atom. The molecule has 12 heavy (non-hydrogen) atoms. The SMILES string of the molecule is C=CCc1ccncc1C(N)=O. The quantitative estimate of drug-likeness (QED) is 0.671. The summed E-state index contributed by atoms with van der Waals surface area (Å²) in [6.07, 6.45) is 5.47. The third kappa shape index (κ3) is 1.69. The van der Waals surface area contributed by atoms with E-state index in [-0.39, 0.29) is 0 Å². The average molecular weight is 162 g/mol. The number of nitrogens with zero attached hydrogens (tertiary/aromatic N) is 1. The van der Waals surface area contributed by atoms with Gasteiger partial charge in [-0.2, -0.15) is 0 Å². The number of rotatable bonds is 3. The molecule has 1 amide bonds. The molecule has 3 nitrogen and oxygen atoms in total. The van der Waals surface area contributed by atoms with Gasteiger partial charge >= 0.3 is 0 Å². The number of carbonyl (C=O) groups is 1. The van der Waals surface area contributed by atoms with Gasteiger partial charge in [0.05, 0.1) is 5.56 Å². The van der Waals surface area contributed by atoms with E-state index in [1.807, 2.05) is 0 Å². The van der Waals surface area contributed by atoms with Crippen molar-refractivity contribution in [2.45, 2.75) is 6.42 Å². The van der Waals surface area contributed by atoms with E-state index in [0.29, 0.717) is 12.0 Å². The molecule has 0 bridgehead atoms. The summed E-state index contributed by atoms with van der Waals surface area (Å²) in [6.45, 7) is 3.58. The predicted octanol–water partition coefficient (Wildman–Crippen LogP) is 0.909. The van der Waals surface area contributed by atoms with Crippen LogP contribution >= 0.6 is 0 Å². The lowest BCUT2D eigenvalue weighted by molar-refractivity contribution is 0.0999. The number of amides is 1. The maximum absolute atomic E-state index is 10.8. The second-order valence-electron chi connectivity index (χ2n) is 2.39. The van der Waals surface area contributed by atoms with Crippen LogP contribution in [-0.4, -0.2) is 10.9 Å². The van der Waals surface area contributed by atoms with Gasteiger partial charge in [0.25, 0.3) is 5.91 Å². The fourth-order valence-electron chi connectivity index (χ4n) is 0.979. The molecule has 0 aliphatic heterocycles. The molecular weight excluding hydrogens is 152 g/mol. The van der Waals surface area contributed by atoms with Gasteiger partial charge in [0, 0.05) is 12.4 Å². The monoisotopic (exact) mass is 162 g/mol. The molecule has 0 aliphatic carbocycles. The summed E-state index contributed by atoms with van der Waals surface area (Å²) < 4.78 is 0. The standard InChI is InChI=1S/C9H10N2O/c1-2-3-7-4-5-11-6-8(7)9(10)12/h2,4-6H,1,3H2,(H2,10,12). The zero-order chi connectivity index (χ0) is 8.97. The summed E-state index contributed by atoms with van der Waals surface area (Å²) in [4.78, 5) is 14.7. The molecule has 1 aromatic rings. The Bertz CT molecular complexity index is 307. The topological polar surface area (TPSA) is 56.0 Å². The molecule has 3 heteroatoms. The Morgan fingerprint density at radius 2 is 2.50 bits per heavy atom. The number of nitrogens with two attached hydrogens (primary N) is 1. The fourth-order valence-corrected chi connectivity index (χ4v) is 0.979. The van der Waals surface area contributed by atoms with Gasteiger partial charge in [0.1, 0.15) is 0 Å². The second-order valence-corrected chi connectivity index (χ2v) is 2.39. The molecule has 0 unspecified atom stereocenters. The first-order chi connectivity index (χ1) is 5.75. The Labute approximate surface area is 70.9 Å². The summed E-state index contributed by atoms with van der Waals surface area (Å²) in [5.41, 5.74) is 6.47. The van der Waals surface area contributed by atoms with Crippen LogP contribution in [0.25, 0.3) is 0 Å². The van der Waals surface area contributed by atoms with Gasteiger partial charge in [-0.3, -0.25) is 9.78 Å². The molecule has 0 fully saturated rings. The molecule has 1 rings (SSSR count). The van der Waals surface area contributed by atoms with Gasteiger partial charge in [-0.15, -0.1) is 6.58 Å². The summed E-state index contributed by atoms with van der Waals surface area (Å²) in [6, 6.07) is 1.77. The van der Waals surface area contributed by atoms with Crippen LogP contribution in [0.1, 0.15) is 15.9 Å². The summed E-state index contributed by atoms with van der Waals surface area (Å²) in [7, 11) is 0. The number of hydrogen-bond acceptors (Lipinski definition) is 2. The third-order valence-electron chi connectivity index (χ3n) is 1.54. The van der Waals surface area contributed by atoms with Gasteiger partial charge < -0.3 is 5.73 Å². The minimum atomic E-state index is -0.444. The largest absolute Gasteiger partial charge is 0.366 e. The first-order valence-electron chi connectivity index (χ1n) is 3.59. The maximum atomic E-state index is 10.8. The van der Waals surface area contributed by atoms with E-state index >= 15 is 0 Å². The van der Waals surface area contributed by atoms with E-state index in [2.05, 4.69) is 11.6 Å². The molecule has 0 spiro atoms. The Kier molecular flexibility index (Phi) is 2.58. The van der Waals surface area contributed by atoms with E-state index in [1.54, 1.807) is 18.3 Å². The molecule has 1 heterocycles. The number of pyridine rings is 1. The number of aromatic nitrogens is 1. The van der Waals surface area contributed by atoms with Crippen molar-refractivity contribution in [1.29, 1.82) is 0 Å². The number of primary amides is 1. The number of carbonyl (C=O) groups excluding carboxylic acids is 1. The van der Waals surface area contributed by atoms with Crippen LogP contribution in [0.2, 0.25) is 0 Å². The van der Waals surface area contributed by atoms with E-state index < -0.39 is 5.91 Å². The molecule has 1 aromatic heterocycles. The number of allylic oxidation sites excluding steroid dienone is 1. The molecule has 0 radical (unpaired) electrons. The van der Waals surface area contributed by atoms with Crippen LogP contribution in [0.4, 0.5) is 0 Å². The van der Waals surface area contributed by atoms with Crippen molar-refractivity contribution in [1.82, 2.24) is 4.98 Å². The lowest BCUT2D eigenvalue weighted by Crippen LogP contribution is -2.13. The van der Waals surface area contributed by atoms with Crippen LogP contribution < -0.4 is 5.73 Å². The van der Waals surface area contributed by atoms with Gasteiger partial charge in [0.2, 0.25) is 0 Å². The fraction of sp³-hybridized carbons (Fsp3) is 0.111. The summed E-state index contributed by atoms with van der Waals surface area (Å²) >= 11 is 0. The van der Waals surface area contributed by atoms with E-state index in [0.717, 1.165) is 5.56 Å². The van der Waals surface area contributed by atoms with Crippen molar-refractivity contribution in [3.05, 3.63) is 42.2 Å². The van der Waals surface area contributed by atoms with Crippen LogP contribution in [0.3, 0.4) is 0 Å². The molecule has 0 atom stereocenters.